The van der Waals surface area contributed by atoms with Crippen molar-refractivity contribution in [2.75, 3.05) is 13.1 Å². The molecule has 1 fully saturated rings. The topological polar surface area (TPSA) is 20.3 Å². The number of hydrogen-bond acceptors (Lipinski definition) is 2. The molecule has 1 aliphatic rings. The van der Waals surface area contributed by atoms with E-state index in [0.717, 1.165) is 41.2 Å². The third kappa shape index (κ3) is 2.66. The molecule has 1 aromatic heterocycles. The van der Waals surface area contributed by atoms with Gasteiger partial charge in [0, 0.05) is 17.6 Å². The van der Waals surface area contributed by atoms with E-state index in [-0.39, 0.29) is 5.91 Å². The van der Waals surface area contributed by atoms with Crippen LogP contribution in [0.3, 0.4) is 0 Å². The molecule has 2 nitrogen and oxygen atoms in total. The van der Waals surface area contributed by atoms with Gasteiger partial charge in [0.25, 0.3) is 5.91 Å². The first-order valence-electron chi connectivity index (χ1n) is 5.70. The number of hydrogen-bond donors (Lipinski definition) is 0. The molecule has 1 aliphatic heterocycles. The summed E-state index contributed by atoms with van der Waals surface area (Å²) < 4.78 is 0.930. The minimum absolute atomic E-state index is 0.191. The number of rotatable bonds is 1. The van der Waals surface area contributed by atoms with Crippen LogP contribution >= 0.6 is 27.3 Å². The van der Waals surface area contributed by atoms with Crippen molar-refractivity contribution in [1.82, 2.24) is 4.90 Å². The summed E-state index contributed by atoms with van der Waals surface area (Å²) in [5.41, 5.74) is 0. The van der Waals surface area contributed by atoms with E-state index >= 15 is 0 Å². The van der Waals surface area contributed by atoms with E-state index in [2.05, 4.69) is 22.9 Å². The third-order valence-electron chi connectivity index (χ3n) is 3.12. The summed E-state index contributed by atoms with van der Waals surface area (Å²) in [7, 11) is 0. The van der Waals surface area contributed by atoms with Crippen LogP contribution in [-0.2, 0) is 0 Å². The number of thiophene rings is 1. The highest BCUT2D eigenvalue weighted by Crippen LogP contribution is 2.26. The van der Waals surface area contributed by atoms with Gasteiger partial charge in [0.15, 0.2) is 0 Å². The fourth-order valence-electron chi connectivity index (χ4n) is 2.06. The van der Waals surface area contributed by atoms with Crippen LogP contribution < -0.4 is 0 Å². The first kappa shape index (κ1) is 12.1. The molecule has 16 heavy (non-hydrogen) atoms. The molecule has 1 unspecified atom stereocenters. The van der Waals surface area contributed by atoms with Gasteiger partial charge in [0.1, 0.15) is 4.88 Å². The molecule has 1 aromatic rings. The first-order chi connectivity index (χ1) is 7.68. The smallest absolute Gasteiger partial charge is 0.265 e. The van der Waals surface area contributed by atoms with Gasteiger partial charge in [-0.2, -0.15) is 0 Å². The van der Waals surface area contributed by atoms with E-state index in [1.165, 1.54) is 17.8 Å². The predicted octanol–water partition coefficient (Wildman–Crippen LogP) is 3.77. The fraction of sp³-hybridized carbons (Fsp3) is 0.583. The van der Waals surface area contributed by atoms with Gasteiger partial charge in [-0.3, -0.25) is 4.79 Å². The van der Waals surface area contributed by atoms with Gasteiger partial charge in [-0.25, -0.2) is 0 Å². The fourth-order valence-corrected chi connectivity index (χ4v) is 3.56. The first-order valence-corrected chi connectivity index (χ1v) is 7.38. The lowest BCUT2D eigenvalue weighted by Crippen LogP contribution is -2.31. The Kier molecular flexibility index (Phi) is 4.03. The number of likely N-dealkylation sites (tertiary alicyclic amines) is 1. The molecule has 0 saturated carbocycles. The van der Waals surface area contributed by atoms with Crippen LogP contribution in [0.15, 0.2) is 15.9 Å². The minimum Gasteiger partial charge on any atom is -0.338 e. The SMILES string of the molecule is CC1CCCN(C(=O)c2sccc2Br)CC1. The molecular formula is C12H16BrNOS. The number of carbonyl (C=O) groups is 1. The number of nitrogens with zero attached hydrogens (tertiary/aromatic N) is 1. The summed E-state index contributed by atoms with van der Waals surface area (Å²) in [6.07, 6.45) is 3.51. The Hall–Kier alpha value is -0.350. The highest BCUT2D eigenvalue weighted by Gasteiger charge is 2.21. The van der Waals surface area contributed by atoms with Crippen molar-refractivity contribution in [1.29, 1.82) is 0 Å². The highest BCUT2D eigenvalue weighted by molar-refractivity contribution is 9.10. The Morgan fingerprint density at radius 1 is 1.50 bits per heavy atom. The summed E-state index contributed by atoms with van der Waals surface area (Å²) in [4.78, 5) is 15.1. The van der Waals surface area contributed by atoms with Gasteiger partial charge in [0.2, 0.25) is 0 Å². The predicted molar refractivity (Wildman–Crippen MR) is 70.9 cm³/mol. The molecule has 0 bridgehead atoms. The molecule has 0 aliphatic carbocycles. The standard InChI is InChI=1S/C12H16BrNOS/c1-9-3-2-6-14(7-4-9)12(15)11-10(13)5-8-16-11/h5,8-9H,2-4,6-7H2,1H3. The van der Waals surface area contributed by atoms with Crippen molar-refractivity contribution >= 4 is 33.2 Å². The van der Waals surface area contributed by atoms with Gasteiger partial charge >= 0.3 is 0 Å². The van der Waals surface area contributed by atoms with E-state index in [9.17, 15) is 4.79 Å². The normalized spacial score (nSPS) is 21.9. The Bertz CT molecular complexity index is 377. The Morgan fingerprint density at radius 2 is 2.31 bits per heavy atom. The van der Waals surface area contributed by atoms with Crippen molar-refractivity contribution in [3.05, 3.63) is 20.8 Å². The van der Waals surface area contributed by atoms with Crippen LogP contribution in [0.2, 0.25) is 0 Å². The monoisotopic (exact) mass is 301 g/mol. The number of amides is 1. The van der Waals surface area contributed by atoms with Crippen LogP contribution in [0.5, 0.6) is 0 Å². The Morgan fingerprint density at radius 3 is 3.00 bits per heavy atom. The van der Waals surface area contributed by atoms with Crippen LogP contribution in [0, 0.1) is 5.92 Å². The molecule has 4 heteroatoms. The summed E-state index contributed by atoms with van der Waals surface area (Å²) in [6.45, 7) is 4.09. The number of carbonyl (C=O) groups excluding carboxylic acids is 1. The molecule has 1 atom stereocenters. The highest BCUT2D eigenvalue weighted by atomic mass is 79.9. The van der Waals surface area contributed by atoms with Crippen LogP contribution in [0.25, 0.3) is 0 Å². The maximum absolute atomic E-state index is 12.2. The van der Waals surface area contributed by atoms with Crippen LogP contribution in [0.4, 0.5) is 0 Å². The van der Waals surface area contributed by atoms with Gasteiger partial charge < -0.3 is 4.90 Å². The van der Waals surface area contributed by atoms with E-state index in [0.29, 0.717) is 0 Å². The van der Waals surface area contributed by atoms with Crippen molar-refractivity contribution in [2.24, 2.45) is 5.92 Å². The van der Waals surface area contributed by atoms with E-state index in [1.807, 2.05) is 16.3 Å². The zero-order valence-corrected chi connectivity index (χ0v) is 11.8. The summed E-state index contributed by atoms with van der Waals surface area (Å²) >= 11 is 4.95. The molecule has 0 spiro atoms. The molecule has 1 saturated heterocycles. The molecule has 88 valence electrons. The second-order valence-electron chi connectivity index (χ2n) is 4.43. The van der Waals surface area contributed by atoms with E-state index in [1.54, 1.807) is 0 Å². The van der Waals surface area contributed by atoms with Crippen LogP contribution in [-0.4, -0.2) is 23.9 Å². The molecule has 2 rings (SSSR count). The average Bonchev–Trinajstić information content (AvgIpc) is 2.56. The Labute approximate surface area is 109 Å². The largest absolute Gasteiger partial charge is 0.338 e. The maximum Gasteiger partial charge on any atom is 0.265 e. The van der Waals surface area contributed by atoms with Crippen molar-refractivity contribution in [2.45, 2.75) is 26.2 Å². The lowest BCUT2D eigenvalue weighted by Gasteiger charge is -2.19. The zero-order chi connectivity index (χ0) is 11.5. The minimum atomic E-state index is 0.191. The maximum atomic E-state index is 12.2. The van der Waals surface area contributed by atoms with Crippen molar-refractivity contribution in [3.8, 4) is 0 Å². The third-order valence-corrected chi connectivity index (χ3v) is 4.94. The molecule has 0 N–H and O–H groups in total. The summed E-state index contributed by atoms with van der Waals surface area (Å²) in [5, 5.41) is 1.96. The molecule has 2 heterocycles. The van der Waals surface area contributed by atoms with Crippen molar-refractivity contribution in [3.63, 3.8) is 0 Å². The average molecular weight is 302 g/mol. The quantitative estimate of drug-likeness (QED) is 0.773. The summed E-state index contributed by atoms with van der Waals surface area (Å²) in [6, 6.07) is 1.94. The summed E-state index contributed by atoms with van der Waals surface area (Å²) in [5.74, 6) is 0.945. The molecular weight excluding hydrogens is 286 g/mol. The molecule has 1 amide bonds. The zero-order valence-electron chi connectivity index (χ0n) is 9.41. The second kappa shape index (κ2) is 5.32. The number of halogens is 1. The molecule has 0 aromatic carbocycles. The van der Waals surface area contributed by atoms with Crippen LogP contribution in [0.1, 0.15) is 35.9 Å². The molecule has 0 radical (unpaired) electrons. The van der Waals surface area contributed by atoms with Gasteiger partial charge in [-0.15, -0.1) is 11.3 Å². The van der Waals surface area contributed by atoms with Gasteiger partial charge in [0.05, 0.1) is 0 Å². The van der Waals surface area contributed by atoms with Gasteiger partial charge in [-0.05, 0) is 52.6 Å². The van der Waals surface area contributed by atoms with E-state index in [4.69, 9.17) is 0 Å². The lowest BCUT2D eigenvalue weighted by atomic mass is 10.0. The second-order valence-corrected chi connectivity index (χ2v) is 6.20. The Balaban J connectivity index is 2.07. The van der Waals surface area contributed by atoms with E-state index < -0.39 is 0 Å². The van der Waals surface area contributed by atoms with Crippen molar-refractivity contribution < 1.29 is 4.79 Å². The van der Waals surface area contributed by atoms with Gasteiger partial charge in [-0.1, -0.05) is 6.92 Å². The lowest BCUT2D eigenvalue weighted by molar-refractivity contribution is 0.0764.